The molecule has 0 aromatic heterocycles. The largest absolute Gasteiger partial charge is 0.448 e. The molecule has 2 aromatic rings. The van der Waals surface area contributed by atoms with Gasteiger partial charge in [0.2, 0.25) is 0 Å². The fraction of sp³-hybridized carbons (Fsp3) is 0.278. The number of nitrogens with two attached hydrogens (primary N) is 1. The van der Waals surface area contributed by atoms with Crippen molar-refractivity contribution in [3.05, 3.63) is 59.2 Å². The predicted molar refractivity (Wildman–Crippen MR) is 98.8 cm³/mol. The number of amides is 1. The summed E-state index contributed by atoms with van der Waals surface area (Å²) in [5.74, 6) is 0. The summed E-state index contributed by atoms with van der Waals surface area (Å²) >= 11 is 0. The van der Waals surface area contributed by atoms with Crippen LogP contribution in [0.5, 0.6) is 0 Å². The van der Waals surface area contributed by atoms with Crippen LogP contribution in [-0.2, 0) is 21.3 Å². The van der Waals surface area contributed by atoms with Crippen molar-refractivity contribution in [2.24, 2.45) is 5.73 Å². The van der Waals surface area contributed by atoms with Gasteiger partial charge in [0, 0.05) is 11.7 Å². The third kappa shape index (κ3) is 5.55. The van der Waals surface area contributed by atoms with Crippen molar-refractivity contribution in [3.63, 3.8) is 0 Å². The number of carbonyl (C=O) groups is 1. The molecule has 0 spiro atoms. The molecule has 0 radical (unpaired) electrons. The molecule has 1 amide bonds. The zero-order valence-electron chi connectivity index (χ0n) is 14.6. The van der Waals surface area contributed by atoms with E-state index in [4.69, 9.17) is 10.5 Å². The van der Waals surface area contributed by atoms with Gasteiger partial charge in [-0.3, -0.25) is 9.87 Å². The molecule has 26 heavy (non-hydrogen) atoms. The number of ether oxygens (including phenoxy) is 1. The normalized spacial score (nSPS) is 12.5. The van der Waals surface area contributed by atoms with Gasteiger partial charge in [-0.05, 0) is 49.1 Å². The minimum absolute atomic E-state index is 0.0107. The van der Waals surface area contributed by atoms with Crippen molar-refractivity contribution in [1.82, 2.24) is 0 Å². The number of aryl methyl sites for hydroxylation is 1. The number of nitrogens with one attached hydrogen (secondary N) is 1. The van der Waals surface area contributed by atoms with Crippen LogP contribution in [0.4, 0.5) is 10.5 Å². The molecule has 140 valence electrons. The molecular weight excluding hydrogens is 356 g/mol. The topological polar surface area (TPSA) is 119 Å². The Morgan fingerprint density at radius 1 is 1.23 bits per heavy atom. The van der Waals surface area contributed by atoms with Gasteiger partial charge < -0.3 is 10.5 Å². The van der Waals surface area contributed by atoms with E-state index in [1.54, 1.807) is 13.0 Å². The van der Waals surface area contributed by atoms with Crippen LogP contribution in [0.25, 0.3) is 0 Å². The summed E-state index contributed by atoms with van der Waals surface area (Å²) in [6.07, 6.45) is -0.187. The first-order valence-electron chi connectivity index (χ1n) is 7.99. The molecule has 0 aliphatic carbocycles. The maximum atomic E-state index is 12.0. The van der Waals surface area contributed by atoms with Crippen molar-refractivity contribution < 1.29 is 22.5 Å². The Kier molecular flexibility index (Phi) is 6.36. The van der Waals surface area contributed by atoms with E-state index in [-0.39, 0.29) is 28.8 Å². The number of hydrogen-bond donors (Lipinski definition) is 3. The first-order valence-corrected chi connectivity index (χ1v) is 9.43. The van der Waals surface area contributed by atoms with E-state index in [2.05, 4.69) is 5.32 Å². The van der Waals surface area contributed by atoms with Gasteiger partial charge in [0.25, 0.3) is 10.1 Å². The van der Waals surface area contributed by atoms with Crippen molar-refractivity contribution in [2.75, 3.05) is 11.9 Å². The third-order valence-corrected chi connectivity index (χ3v) is 4.77. The highest BCUT2D eigenvalue weighted by Gasteiger charge is 2.18. The van der Waals surface area contributed by atoms with E-state index in [9.17, 15) is 17.8 Å². The van der Waals surface area contributed by atoms with Gasteiger partial charge in [-0.2, -0.15) is 8.42 Å². The Hall–Kier alpha value is -2.42. The lowest BCUT2D eigenvalue weighted by Gasteiger charge is -2.15. The van der Waals surface area contributed by atoms with Gasteiger partial charge >= 0.3 is 6.09 Å². The highest BCUT2D eigenvalue weighted by atomic mass is 32.2. The van der Waals surface area contributed by atoms with Crippen LogP contribution in [0.2, 0.25) is 0 Å². The summed E-state index contributed by atoms with van der Waals surface area (Å²) < 4.78 is 37.2. The Labute approximate surface area is 152 Å². The van der Waals surface area contributed by atoms with Gasteiger partial charge in [0.15, 0.2) is 0 Å². The van der Waals surface area contributed by atoms with Crippen LogP contribution < -0.4 is 11.1 Å². The molecule has 1 atom stereocenters. The molecule has 0 aliphatic rings. The van der Waals surface area contributed by atoms with E-state index in [0.29, 0.717) is 12.0 Å². The van der Waals surface area contributed by atoms with E-state index in [1.165, 1.54) is 13.0 Å². The zero-order valence-corrected chi connectivity index (χ0v) is 15.4. The number of benzene rings is 2. The van der Waals surface area contributed by atoms with Crippen LogP contribution in [0.3, 0.4) is 0 Å². The van der Waals surface area contributed by atoms with E-state index in [0.717, 1.165) is 5.56 Å². The average molecular weight is 378 g/mol. The summed E-state index contributed by atoms with van der Waals surface area (Å²) in [4.78, 5) is 11.7. The Morgan fingerprint density at radius 3 is 2.50 bits per heavy atom. The molecule has 0 aliphatic heterocycles. The summed E-state index contributed by atoms with van der Waals surface area (Å²) in [7, 11) is -4.39. The summed E-state index contributed by atoms with van der Waals surface area (Å²) in [5.41, 5.74) is 8.05. The zero-order chi connectivity index (χ0) is 19.3. The molecule has 4 N–H and O–H groups in total. The Morgan fingerprint density at radius 2 is 1.88 bits per heavy atom. The number of carbonyl (C=O) groups excluding carboxylic acids is 1. The van der Waals surface area contributed by atoms with Crippen LogP contribution in [0.15, 0.2) is 47.4 Å². The van der Waals surface area contributed by atoms with Gasteiger partial charge in [0.05, 0.1) is 4.90 Å². The smallest absolute Gasteiger partial charge is 0.411 e. The minimum atomic E-state index is -4.39. The molecule has 8 heteroatoms. The average Bonchev–Trinajstić information content (AvgIpc) is 2.56. The Balaban J connectivity index is 1.99. The quantitative estimate of drug-likeness (QED) is 0.665. The van der Waals surface area contributed by atoms with Crippen molar-refractivity contribution in [1.29, 1.82) is 0 Å². The Bertz CT molecular complexity index is 882. The van der Waals surface area contributed by atoms with Gasteiger partial charge in [-0.15, -0.1) is 0 Å². The molecule has 0 saturated carbocycles. The van der Waals surface area contributed by atoms with Crippen molar-refractivity contribution in [3.8, 4) is 0 Å². The van der Waals surface area contributed by atoms with Gasteiger partial charge in [-0.1, -0.05) is 30.3 Å². The molecule has 0 saturated heterocycles. The fourth-order valence-electron chi connectivity index (χ4n) is 2.53. The van der Waals surface area contributed by atoms with Gasteiger partial charge in [0.1, 0.15) is 6.61 Å². The van der Waals surface area contributed by atoms with Crippen LogP contribution >= 0.6 is 0 Å². The maximum Gasteiger partial charge on any atom is 0.411 e. The first-order chi connectivity index (χ1) is 12.2. The standard InChI is InChI=1S/C18H22N2O5S/c1-12-8-16(13(2)17(9-12)26(22,23)24)20-18(21)25-11-15(19)10-14-6-4-3-5-7-14/h3-9,15H,10-11,19H2,1-2H3,(H,20,21)(H,22,23,24)/t15-/m0/s1. The van der Waals surface area contributed by atoms with E-state index in [1.807, 2.05) is 30.3 Å². The minimum Gasteiger partial charge on any atom is -0.448 e. The highest BCUT2D eigenvalue weighted by molar-refractivity contribution is 7.85. The van der Waals surface area contributed by atoms with Crippen LogP contribution in [0.1, 0.15) is 16.7 Å². The second-order valence-electron chi connectivity index (χ2n) is 6.08. The summed E-state index contributed by atoms with van der Waals surface area (Å²) in [6, 6.07) is 12.2. The lowest BCUT2D eigenvalue weighted by atomic mass is 10.1. The molecular formula is C18H22N2O5S. The third-order valence-electron chi connectivity index (χ3n) is 3.79. The second-order valence-corrected chi connectivity index (χ2v) is 7.47. The first kappa shape index (κ1) is 19.9. The molecule has 2 aromatic carbocycles. The van der Waals surface area contributed by atoms with Crippen LogP contribution in [0, 0.1) is 13.8 Å². The van der Waals surface area contributed by atoms with E-state index < -0.39 is 16.2 Å². The summed E-state index contributed by atoms with van der Waals surface area (Å²) in [6.45, 7) is 3.15. The number of rotatable bonds is 6. The highest BCUT2D eigenvalue weighted by Crippen LogP contribution is 2.25. The van der Waals surface area contributed by atoms with Crippen molar-refractivity contribution >= 4 is 21.9 Å². The molecule has 0 unspecified atom stereocenters. The lowest BCUT2D eigenvalue weighted by Crippen LogP contribution is -2.31. The monoisotopic (exact) mass is 378 g/mol. The maximum absolute atomic E-state index is 12.0. The second kappa shape index (κ2) is 8.31. The molecule has 0 bridgehead atoms. The predicted octanol–water partition coefficient (Wildman–Crippen LogP) is 2.67. The van der Waals surface area contributed by atoms with Gasteiger partial charge in [-0.25, -0.2) is 4.79 Å². The fourth-order valence-corrected chi connectivity index (χ4v) is 3.36. The number of hydrogen-bond acceptors (Lipinski definition) is 5. The van der Waals surface area contributed by atoms with E-state index >= 15 is 0 Å². The summed E-state index contributed by atoms with van der Waals surface area (Å²) in [5, 5.41) is 2.49. The number of anilines is 1. The molecule has 0 heterocycles. The van der Waals surface area contributed by atoms with Crippen LogP contribution in [-0.4, -0.2) is 31.7 Å². The van der Waals surface area contributed by atoms with Crippen molar-refractivity contribution in [2.45, 2.75) is 31.2 Å². The SMILES string of the molecule is Cc1cc(NC(=O)OC[C@@H](N)Cc2ccccc2)c(C)c(S(=O)(=O)O)c1. The molecule has 0 fully saturated rings. The lowest BCUT2D eigenvalue weighted by molar-refractivity contribution is 0.154. The molecule has 2 rings (SSSR count). The molecule has 7 nitrogen and oxygen atoms in total.